The molecule has 0 bridgehead atoms. The van der Waals surface area contributed by atoms with Crippen molar-refractivity contribution in [3.63, 3.8) is 0 Å². The zero-order valence-corrected chi connectivity index (χ0v) is 13.2. The van der Waals surface area contributed by atoms with Crippen LogP contribution in [0.25, 0.3) is 0 Å². The van der Waals surface area contributed by atoms with Crippen LogP contribution >= 0.6 is 11.3 Å². The summed E-state index contributed by atoms with van der Waals surface area (Å²) in [5.41, 5.74) is 8.28. The van der Waals surface area contributed by atoms with Gasteiger partial charge in [0, 0.05) is 24.7 Å². The molecule has 0 aliphatic rings. The first-order valence-corrected chi connectivity index (χ1v) is 8.63. The average molecular weight is 310 g/mol. The Morgan fingerprint density at radius 3 is 2.30 bits per heavy atom. The second-order valence-electron chi connectivity index (χ2n) is 4.63. The van der Waals surface area contributed by atoms with Crippen LogP contribution < -0.4 is 5.73 Å². The summed E-state index contributed by atoms with van der Waals surface area (Å²) in [6.07, 6.45) is 0.975. The first-order chi connectivity index (χ1) is 9.43. The summed E-state index contributed by atoms with van der Waals surface area (Å²) in [6.45, 7) is 2.44. The molecule has 2 N–H and O–H groups in total. The largest absolute Gasteiger partial charge is 0.398 e. The van der Waals surface area contributed by atoms with Gasteiger partial charge in [0.25, 0.3) is 10.0 Å². The lowest BCUT2D eigenvalue weighted by Crippen LogP contribution is -2.25. The Balaban J connectivity index is 2.16. The van der Waals surface area contributed by atoms with Gasteiger partial charge in [0.1, 0.15) is 4.21 Å². The van der Waals surface area contributed by atoms with Gasteiger partial charge in [-0.1, -0.05) is 31.2 Å². The predicted molar refractivity (Wildman–Crippen MR) is 83.2 cm³/mol. The van der Waals surface area contributed by atoms with Crippen molar-refractivity contribution in [2.24, 2.45) is 0 Å². The maximum atomic E-state index is 12.4. The van der Waals surface area contributed by atoms with Crippen molar-refractivity contribution in [2.45, 2.75) is 24.1 Å². The van der Waals surface area contributed by atoms with Gasteiger partial charge in [-0.2, -0.15) is 4.31 Å². The average Bonchev–Trinajstić information content (AvgIpc) is 2.87. The van der Waals surface area contributed by atoms with Gasteiger partial charge in [0.2, 0.25) is 0 Å². The molecule has 0 unspecified atom stereocenters. The van der Waals surface area contributed by atoms with Crippen LogP contribution in [-0.2, 0) is 23.0 Å². The first-order valence-electron chi connectivity index (χ1n) is 6.31. The summed E-state index contributed by atoms with van der Waals surface area (Å²) in [5, 5.41) is 1.64. The molecule has 2 aromatic rings. The highest BCUT2D eigenvalue weighted by atomic mass is 32.2. The normalized spacial score (nSPS) is 11.9. The minimum Gasteiger partial charge on any atom is -0.398 e. The number of hydrogen-bond donors (Lipinski definition) is 1. The molecule has 1 aromatic heterocycles. The third kappa shape index (κ3) is 3.20. The molecule has 0 saturated carbocycles. The maximum absolute atomic E-state index is 12.4. The van der Waals surface area contributed by atoms with Crippen LogP contribution in [0, 0.1) is 0 Å². The van der Waals surface area contributed by atoms with E-state index in [0.29, 0.717) is 12.2 Å². The Bertz CT molecular complexity index is 675. The fourth-order valence-electron chi connectivity index (χ4n) is 1.84. The summed E-state index contributed by atoms with van der Waals surface area (Å²) >= 11 is 1.15. The Morgan fingerprint density at radius 2 is 1.80 bits per heavy atom. The third-order valence-electron chi connectivity index (χ3n) is 3.10. The van der Waals surface area contributed by atoms with Gasteiger partial charge < -0.3 is 5.73 Å². The van der Waals surface area contributed by atoms with Crippen LogP contribution in [0.1, 0.15) is 18.1 Å². The van der Waals surface area contributed by atoms with Crippen LogP contribution in [0.3, 0.4) is 0 Å². The molecule has 0 atom stereocenters. The fraction of sp³-hybridized carbons (Fsp3) is 0.286. The zero-order valence-electron chi connectivity index (χ0n) is 11.5. The first kappa shape index (κ1) is 15.0. The minimum absolute atomic E-state index is 0.280. The number of anilines is 1. The Hall–Kier alpha value is -1.37. The Morgan fingerprint density at radius 1 is 1.20 bits per heavy atom. The molecule has 4 nitrogen and oxygen atoms in total. The van der Waals surface area contributed by atoms with E-state index < -0.39 is 10.0 Å². The monoisotopic (exact) mass is 310 g/mol. The number of aryl methyl sites for hydroxylation is 1. The molecule has 0 radical (unpaired) electrons. The topological polar surface area (TPSA) is 63.4 Å². The number of benzene rings is 1. The van der Waals surface area contributed by atoms with Gasteiger partial charge in [0.15, 0.2) is 0 Å². The van der Waals surface area contributed by atoms with E-state index in [-0.39, 0.29) is 4.21 Å². The van der Waals surface area contributed by atoms with Crippen LogP contribution in [-0.4, -0.2) is 19.8 Å². The molecule has 6 heteroatoms. The summed E-state index contributed by atoms with van der Waals surface area (Å²) in [5.74, 6) is 0. The lowest BCUT2D eigenvalue weighted by atomic mass is 10.1. The number of hydrogen-bond acceptors (Lipinski definition) is 4. The van der Waals surface area contributed by atoms with Gasteiger partial charge in [-0.05, 0) is 23.6 Å². The molecular formula is C14H18N2O2S2. The number of rotatable bonds is 5. The second-order valence-corrected chi connectivity index (χ2v) is 7.81. The molecule has 108 valence electrons. The number of nitrogens with zero attached hydrogens (tertiary/aromatic N) is 1. The number of nitrogen functional groups attached to an aromatic ring is 1. The smallest absolute Gasteiger partial charge is 0.252 e. The van der Waals surface area contributed by atoms with Gasteiger partial charge in [0.05, 0.1) is 0 Å². The van der Waals surface area contributed by atoms with Gasteiger partial charge in [-0.15, -0.1) is 11.3 Å². The van der Waals surface area contributed by atoms with E-state index >= 15 is 0 Å². The molecule has 0 fully saturated rings. The quantitative estimate of drug-likeness (QED) is 0.923. The highest BCUT2D eigenvalue weighted by Crippen LogP contribution is 2.25. The van der Waals surface area contributed by atoms with Crippen molar-refractivity contribution in [1.82, 2.24) is 4.31 Å². The minimum atomic E-state index is -3.46. The van der Waals surface area contributed by atoms with E-state index in [2.05, 4.69) is 6.92 Å². The van der Waals surface area contributed by atoms with Crippen LogP contribution in [0.15, 0.2) is 39.9 Å². The molecule has 0 amide bonds. The third-order valence-corrected chi connectivity index (χ3v) is 6.33. The zero-order chi connectivity index (χ0) is 14.8. The highest BCUT2D eigenvalue weighted by Gasteiger charge is 2.22. The standard InChI is InChI=1S/C14H18N2O2S2/c1-3-11-4-6-12(7-5-11)9-16(2)20(17,18)14-8-13(15)10-19-14/h4-8,10H,3,9,15H2,1-2H3. The van der Waals surface area contributed by atoms with Crippen molar-refractivity contribution in [1.29, 1.82) is 0 Å². The number of nitrogens with two attached hydrogens (primary N) is 1. The Labute approximate surface area is 123 Å². The molecule has 0 saturated heterocycles. The van der Waals surface area contributed by atoms with Crippen LogP contribution in [0.5, 0.6) is 0 Å². The van der Waals surface area contributed by atoms with E-state index in [9.17, 15) is 8.42 Å². The molecule has 1 aromatic carbocycles. The summed E-state index contributed by atoms with van der Waals surface area (Å²) in [7, 11) is -1.88. The molecule has 1 heterocycles. The summed E-state index contributed by atoms with van der Waals surface area (Å²) < 4.78 is 26.3. The lowest BCUT2D eigenvalue weighted by molar-refractivity contribution is 0.468. The van der Waals surface area contributed by atoms with Crippen molar-refractivity contribution in [3.05, 3.63) is 46.8 Å². The number of sulfonamides is 1. The number of thiophene rings is 1. The predicted octanol–water partition coefficient (Wildman–Crippen LogP) is 2.71. The molecule has 20 heavy (non-hydrogen) atoms. The molecule has 0 aliphatic heterocycles. The van der Waals surface area contributed by atoms with Gasteiger partial charge in [-0.3, -0.25) is 0 Å². The van der Waals surface area contributed by atoms with Gasteiger partial charge >= 0.3 is 0 Å². The van der Waals surface area contributed by atoms with E-state index in [4.69, 9.17) is 5.73 Å². The lowest BCUT2D eigenvalue weighted by Gasteiger charge is -2.16. The molecule has 0 aliphatic carbocycles. The van der Waals surface area contributed by atoms with E-state index in [1.165, 1.54) is 15.9 Å². The van der Waals surface area contributed by atoms with Gasteiger partial charge in [-0.25, -0.2) is 8.42 Å². The van der Waals surface area contributed by atoms with Crippen molar-refractivity contribution < 1.29 is 8.42 Å². The van der Waals surface area contributed by atoms with E-state index in [1.54, 1.807) is 12.4 Å². The van der Waals surface area contributed by atoms with Crippen molar-refractivity contribution in [3.8, 4) is 0 Å². The van der Waals surface area contributed by atoms with E-state index in [0.717, 1.165) is 23.3 Å². The molecule has 2 rings (SSSR count). The van der Waals surface area contributed by atoms with Crippen LogP contribution in [0.2, 0.25) is 0 Å². The SMILES string of the molecule is CCc1ccc(CN(C)S(=O)(=O)c2cc(N)cs2)cc1. The van der Waals surface area contributed by atoms with Crippen LogP contribution in [0.4, 0.5) is 5.69 Å². The van der Waals surface area contributed by atoms with E-state index in [1.807, 2.05) is 24.3 Å². The summed E-state index contributed by atoms with van der Waals surface area (Å²) in [4.78, 5) is 0. The fourth-order valence-corrected chi connectivity index (χ4v) is 4.29. The van der Waals surface area contributed by atoms with Crippen molar-refractivity contribution in [2.75, 3.05) is 12.8 Å². The second kappa shape index (κ2) is 5.95. The molecule has 0 spiro atoms. The summed E-state index contributed by atoms with van der Waals surface area (Å²) in [6, 6.07) is 9.48. The molecular weight excluding hydrogens is 292 g/mol. The van der Waals surface area contributed by atoms with Crippen molar-refractivity contribution >= 4 is 27.0 Å². The highest BCUT2D eigenvalue weighted by molar-refractivity contribution is 7.91. The maximum Gasteiger partial charge on any atom is 0.252 e. The Kier molecular flexibility index (Phi) is 4.47.